The molecular formula is C14H20ClN3O2. The number of aromatic nitrogens is 1. The van der Waals surface area contributed by atoms with Crippen molar-refractivity contribution in [1.82, 2.24) is 9.88 Å². The second kappa shape index (κ2) is 6.41. The molecule has 2 rings (SSSR count). The smallest absolute Gasteiger partial charge is 0.337 e. The van der Waals surface area contributed by atoms with Crippen molar-refractivity contribution < 1.29 is 9.90 Å². The zero-order chi connectivity index (χ0) is 14.7. The lowest BCUT2D eigenvalue weighted by atomic mass is 10.2. The molecule has 1 N–H and O–H groups in total. The van der Waals surface area contributed by atoms with Gasteiger partial charge in [-0.1, -0.05) is 18.5 Å². The maximum absolute atomic E-state index is 10.9. The summed E-state index contributed by atoms with van der Waals surface area (Å²) in [5.41, 5.74) is 0.122. The van der Waals surface area contributed by atoms with Crippen molar-refractivity contribution in [2.45, 2.75) is 26.3 Å². The molecule has 0 saturated carbocycles. The van der Waals surface area contributed by atoms with Crippen molar-refractivity contribution in [3.05, 3.63) is 22.8 Å². The molecule has 1 saturated heterocycles. The van der Waals surface area contributed by atoms with Gasteiger partial charge in [0.2, 0.25) is 0 Å². The lowest BCUT2D eigenvalue weighted by Crippen LogP contribution is -2.49. The van der Waals surface area contributed by atoms with Crippen LogP contribution < -0.4 is 4.90 Å². The fraction of sp³-hybridized carbons (Fsp3) is 0.571. The topological polar surface area (TPSA) is 56.7 Å². The molecule has 0 aromatic carbocycles. The molecule has 0 amide bonds. The van der Waals surface area contributed by atoms with Gasteiger partial charge in [0.15, 0.2) is 0 Å². The molecule has 20 heavy (non-hydrogen) atoms. The largest absolute Gasteiger partial charge is 0.478 e. The van der Waals surface area contributed by atoms with Gasteiger partial charge in [-0.25, -0.2) is 9.78 Å². The van der Waals surface area contributed by atoms with Gasteiger partial charge in [0.05, 0.1) is 10.6 Å². The van der Waals surface area contributed by atoms with Crippen LogP contribution in [0.3, 0.4) is 0 Å². The SMILES string of the molecule is CCC(C)N1CCN(c2ncc(C(=O)O)cc2Cl)CC1. The molecule has 5 nitrogen and oxygen atoms in total. The Morgan fingerprint density at radius 1 is 1.45 bits per heavy atom. The minimum absolute atomic E-state index is 0.122. The molecule has 0 radical (unpaired) electrons. The number of halogens is 1. The number of anilines is 1. The van der Waals surface area contributed by atoms with Crippen LogP contribution in [-0.2, 0) is 0 Å². The lowest BCUT2D eigenvalue weighted by molar-refractivity contribution is 0.0696. The van der Waals surface area contributed by atoms with Crippen LogP contribution in [0.4, 0.5) is 5.82 Å². The van der Waals surface area contributed by atoms with Gasteiger partial charge >= 0.3 is 5.97 Å². The second-order valence-corrected chi connectivity index (χ2v) is 5.52. The van der Waals surface area contributed by atoms with Crippen LogP contribution in [0.25, 0.3) is 0 Å². The van der Waals surface area contributed by atoms with Crippen LogP contribution in [0.2, 0.25) is 5.02 Å². The number of pyridine rings is 1. The van der Waals surface area contributed by atoms with Gasteiger partial charge in [-0.3, -0.25) is 4.90 Å². The van der Waals surface area contributed by atoms with E-state index in [1.807, 2.05) is 0 Å². The van der Waals surface area contributed by atoms with E-state index in [4.69, 9.17) is 16.7 Å². The van der Waals surface area contributed by atoms with Crippen LogP contribution in [-0.4, -0.2) is 53.2 Å². The molecular weight excluding hydrogens is 278 g/mol. The average molecular weight is 298 g/mol. The highest BCUT2D eigenvalue weighted by atomic mass is 35.5. The van der Waals surface area contributed by atoms with E-state index in [0.29, 0.717) is 16.9 Å². The minimum atomic E-state index is -1.01. The molecule has 1 aromatic heterocycles. The van der Waals surface area contributed by atoms with Crippen molar-refractivity contribution >= 4 is 23.4 Å². The first-order valence-electron chi connectivity index (χ1n) is 6.90. The highest BCUT2D eigenvalue weighted by molar-refractivity contribution is 6.33. The van der Waals surface area contributed by atoms with E-state index in [1.165, 1.54) is 12.3 Å². The molecule has 1 fully saturated rings. The molecule has 110 valence electrons. The van der Waals surface area contributed by atoms with E-state index in [1.54, 1.807) is 0 Å². The van der Waals surface area contributed by atoms with Gasteiger partial charge in [-0.15, -0.1) is 0 Å². The maximum atomic E-state index is 10.9. The Balaban J connectivity index is 2.05. The van der Waals surface area contributed by atoms with E-state index in [-0.39, 0.29) is 5.56 Å². The summed E-state index contributed by atoms with van der Waals surface area (Å²) in [6, 6.07) is 2.06. The summed E-state index contributed by atoms with van der Waals surface area (Å²) in [7, 11) is 0. The summed E-state index contributed by atoms with van der Waals surface area (Å²) < 4.78 is 0. The second-order valence-electron chi connectivity index (χ2n) is 5.11. The molecule has 0 aliphatic carbocycles. The zero-order valence-corrected chi connectivity index (χ0v) is 12.6. The average Bonchev–Trinajstić information content (AvgIpc) is 2.46. The van der Waals surface area contributed by atoms with E-state index in [2.05, 4.69) is 28.6 Å². The molecule has 2 heterocycles. The first-order valence-corrected chi connectivity index (χ1v) is 7.28. The van der Waals surface area contributed by atoms with Crippen molar-refractivity contribution in [1.29, 1.82) is 0 Å². The number of piperazine rings is 1. The van der Waals surface area contributed by atoms with E-state index in [0.717, 1.165) is 32.6 Å². The van der Waals surface area contributed by atoms with Crippen molar-refractivity contribution in [3.8, 4) is 0 Å². The van der Waals surface area contributed by atoms with E-state index in [9.17, 15) is 4.79 Å². The minimum Gasteiger partial charge on any atom is -0.478 e. The van der Waals surface area contributed by atoms with Gasteiger partial charge in [0.1, 0.15) is 5.82 Å². The third kappa shape index (κ3) is 3.22. The van der Waals surface area contributed by atoms with Crippen LogP contribution in [0, 0.1) is 0 Å². The van der Waals surface area contributed by atoms with Gasteiger partial charge in [0.25, 0.3) is 0 Å². The number of rotatable bonds is 4. The summed E-state index contributed by atoms with van der Waals surface area (Å²) in [6.07, 6.45) is 2.51. The third-order valence-electron chi connectivity index (χ3n) is 3.90. The number of nitrogens with zero attached hydrogens (tertiary/aromatic N) is 3. The van der Waals surface area contributed by atoms with Gasteiger partial charge in [0, 0.05) is 38.4 Å². The van der Waals surface area contributed by atoms with E-state index < -0.39 is 5.97 Å². The van der Waals surface area contributed by atoms with E-state index >= 15 is 0 Å². The molecule has 0 spiro atoms. The quantitative estimate of drug-likeness (QED) is 0.924. The number of aromatic carboxylic acids is 1. The summed E-state index contributed by atoms with van der Waals surface area (Å²) in [5, 5.41) is 9.32. The standard InChI is InChI=1S/C14H20ClN3O2/c1-3-10(2)17-4-6-18(7-5-17)13-12(15)8-11(9-16-13)14(19)20/h8-10H,3-7H2,1-2H3,(H,19,20). The summed E-state index contributed by atoms with van der Waals surface area (Å²) >= 11 is 6.15. The Morgan fingerprint density at radius 3 is 2.60 bits per heavy atom. The number of carbonyl (C=O) groups is 1. The maximum Gasteiger partial charge on any atom is 0.337 e. The Hall–Kier alpha value is -1.33. The number of hydrogen-bond acceptors (Lipinski definition) is 4. The Labute approximate surface area is 124 Å². The van der Waals surface area contributed by atoms with Crippen LogP contribution >= 0.6 is 11.6 Å². The zero-order valence-electron chi connectivity index (χ0n) is 11.8. The fourth-order valence-corrected chi connectivity index (χ4v) is 2.70. The number of carboxylic acids is 1. The summed E-state index contributed by atoms with van der Waals surface area (Å²) in [4.78, 5) is 19.7. The predicted octanol–water partition coefficient (Wildman–Crippen LogP) is 2.35. The third-order valence-corrected chi connectivity index (χ3v) is 4.17. The van der Waals surface area contributed by atoms with Crippen molar-refractivity contribution in [2.24, 2.45) is 0 Å². The fourth-order valence-electron chi connectivity index (χ4n) is 2.41. The van der Waals surface area contributed by atoms with Crippen LogP contribution in [0.15, 0.2) is 12.3 Å². The highest BCUT2D eigenvalue weighted by Crippen LogP contribution is 2.25. The molecule has 1 atom stereocenters. The molecule has 1 aliphatic rings. The van der Waals surface area contributed by atoms with Crippen LogP contribution in [0.5, 0.6) is 0 Å². The number of carboxylic acid groups (broad SMARTS) is 1. The Bertz CT molecular complexity index is 487. The van der Waals surface area contributed by atoms with Gasteiger partial charge < -0.3 is 10.0 Å². The molecule has 6 heteroatoms. The van der Waals surface area contributed by atoms with Crippen molar-refractivity contribution in [3.63, 3.8) is 0 Å². The van der Waals surface area contributed by atoms with Crippen molar-refractivity contribution in [2.75, 3.05) is 31.1 Å². The molecule has 1 aliphatic heterocycles. The lowest BCUT2D eigenvalue weighted by Gasteiger charge is -2.38. The summed E-state index contributed by atoms with van der Waals surface area (Å²) in [6.45, 7) is 8.12. The number of hydrogen-bond donors (Lipinski definition) is 1. The first kappa shape index (κ1) is 15.1. The monoisotopic (exact) mass is 297 g/mol. The molecule has 0 bridgehead atoms. The van der Waals surface area contributed by atoms with Crippen LogP contribution in [0.1, 0.15) is 30.6 Å². The Kier molecular flexibility index (Phi) is 4.83. The predicted molar refractivity (Wildman–Crippen MR) is 79.7 cm³/mol. The molecule has 1 unspecified atom stereocenters. The van der Waals surface area contributed by atoms with Gasteiger partial charge in [-0.2, -0.15) is 0 Å². The van der Waals surface area contributed by atoms with Gasteiger partial charge in [-0.05, 0) is 19.4 Å². The highest BCUT2D eigenvalue weighted by Gasteiger charge is 2.22. The molecule has 1 aromatic rings. The Morgan fingerprint density at radius 2 is 2.10 bits per heavy atom. The normalized spacial score (nSPS) is 18.1. The summed E-state index contributed by atoms with van der Waals surface area (Å²) in [5.74, 6) is -0.326. The first-order chi connectivity index (χ1) is 9.52.